The molecular formula is C10H10F3NO2. The summed E-state index contributed by atoms with van der Waals surface area (Å²) in [6, 6.07) is 5.17. The minimum Gasteiger partial charge on any atom is -0.481 e. The number of halogens is 3. The van der Waals surface area contributed by atoms with Gasteiger partial charge in [0.05, 0.1) is 12.3 Å². The molecule has 6 heteroatoms. The van der Waals surface area contributed by atoms with Gasteiger partial charge in [-0.3, -0.25) is 4.79 Å². The van der Waals surface area contributed by atoms with Crippen LogP contribution in [0.25, 0.3) is 0 Å². The monoisotopic (exact) mass is 233 g/mol. The van der Waals surface area contributed by atoms with Crippen molar-refractivity contribution in [3.8, 4) is 0 Å². The van der Waals surface area contributed by atoms with Crippen LogP contribution in [0.15, 0.2) is 24.3 Å². The molecule has 1 atom stereocenters. The topological polar surface area (TPSA) is 63.3 Å². The van der Waals surface area contributed by atoms with E-state index < -0.39 is 24.5 Å². The Morgan fingerprint density at radius 2 is 2.06 bits per heavy atom. The van der Waals surface area contributed by atoms with Crippen LogP contribution in [0.5, 0.6) is 0 Å². The van der Waals surface area contributed by atoms with E-state index in [0.29, 0.717) is 0 Å². The van der Waals surface area contributed by atoms with Crippen LogP contribution < -0.4 is 5.73 Å². The molecule has 16 heavy (non-hydrogen) atoms. The van der Waals surface area contributed by atoms with Crippen molar-refractivity contribution in [2.45, 2.75) is 18.5 Å². The van der Waals surface area contributed by atoms with Crippen LogP contribution >= 0.6 is 0 Å². The Hall–Kier alpha value is -1.72. The van der Waals surface area contributed by atoms with E-state index in [0.717, 1.165) is 6.07 Å². The number of carbonyl (C=O) groups is 1. The van der Waals surface area contributed by atoms with Crippen LogP contribution in [-0.2, 0) is 4.79 Å². The SMILES string of the molecule is Nc1cccc(C(CC(=O)O)C(F)(F)F)c1. The minimum absolute atomic E-state index is 0.130. The van der Waals surface area contributed by atoms with E-state index in [1.807, 2.05) is 0 Å². The van der Waals surface area contributed by atoms with Crippen molar-refractivity contribution in [2.75, 3.05) is 5.73 Å². The number of rotatable bonds is 3. The number of anilines is 1. The average molecular weight is 233 g/mol. The molecule has 0 saturated carbocycles. The van der Waals surface area contributed by atoms with Gasteiger partial charge in [-0.1, -0.05) is 12.1 Å². The number of carboxylic acids is 1. The van der Waals surface area contributed by atoms with E-state index in [2.05, 4.69) is 0 Å². The van der Waals surface area contributed by atoms with Crippen molar-refractivity contribution >= 4 is 11.7 Å². The van der Waals surface area contributed by atoms with Crippen molar-refractivity contribution in [1.82, 2.24) is 0 Å². The number of carboxylic acid groups (broad SMARTS) is 1. The van der Waals surface area contributed by atoms with E-state index in [-0.39, 0.29) is 11.3 Å². The fraction of sp³-hybridized carbons (Fsp3) is 0.300. The zero-order valence-corrected chi connectivity index (χ0v) is 8.16. The van der Waals surface area contributed by atoms with Gasteiger partial charge in [0, 0.05) is 5.69 Å². The highest BCUT2D eigenvalue weighted by atomic mass is 19.4. The number of hydrogen-bond donors (Lipinski definition) is 2. The van der Waals surface area contributed by atoms with Crippen molar-refractivity contribution in [2.24, 2.45) is 0 Å². The summed E-state index contributed by atoms with van der Waals surface area (Å²) in [4.78, 5) is 10.4. The van der Waals surface area contributed by atoms with E-state index in [1.54, 1.807) is 0 Å². The largest absolute Gasteiger partial charge is 0.481 e. The summed E-state index contributed by atoms with van der Waals surface area (Å²) in [5, 5.41) is 8.45. The second-order valence-corrected chi connectivity index (χ2v) is 3.36. The molecular weight excluding hydrogens is 223 g/mol. The van der Waals surface area contributed by atoms with Gasteiger partial charge in [0.2, 0.25) is 0 Å². The molecule has 0 saturated heterocycles. The lowest BCUT2D eigenvalue weighted by Crippen LogP contribution is -2.23. The second-order valence-electron chi connectivity index (χ2n) is 3.36. The van der Waals surface area contributed by atoms with Gasteiger partial charge in [-0.15, -0.1) is 0 Å². The van der Waals surface area contributed by atoms with Gasteiger partial charge in [0.25, 0.3) is 0 Å². The highest BCUT2D eigenvalue weighted by Gasteiger charge is 2.41. The Kier molecular flexibility index (Phi) is 3.41. The van der Waals surface area contributed by atoms with Crippen molar-refractivity contribution in [1.29, 1.82) is 0 Å². The molecule has 0 spiro atoms. The van der Waals surface area contributed by atoms with Gasteiger partial charge in [-0.2, -0.15) is 13.2 Å². The zero-order valence-electron chi connectivity index (χ0n) is 8.16. The molecule has 0 radical (unpaired) electrons. The fourth-order valence-corrected chi connectivity index (χ4v) is 1.37. The predicted molar refractivity (Wildman–Crippen MR) is 51.9 cm³/mol. The number of alkyl halides is 3. The van der Waals surface area contributed by atoms with E-state index >= 15 is 0 Å². The highest BCUT2D eigenvalue weighted by molar-refractivity contribution is 5.68. The number of benzene rings is 1. The number of hydrogen-bond acceptors (Lipinski definition) is 2. The third-order valence-corrected chi connectivity index (χ3v) is 2.09. The summed E-state index contributed by atoms with van der Waals surface area (Å²) in [6.07, 6.45) is -5.58. The molecule has 88 valence electrons. The minimum atomic E-state index is -4.59. The van der Waals surface area contributed by atoms with Gasteiger partial charge in [0.15, 0.2) is 0 Å². The highest BCUT2D eigenvalue weighted by Crippen LogP contribution is 2.37. The standard InChI is InChI=1S/C10H10F3NO2/c11-10(12,13)8(5-9(15)16)6-2-1-3-7(14)4-6/h1-4,8H,5,14H2,(H,15,16). The molecule has 0 aliphatic rings. The molecule has 0 amide bonds. The molecule has 3 N–H and O–H groups in total. The van der Waals surface area contributed by atoms with E-state index in [1.165, 1.54) is 18.2 Å². The molecule has 0 heterocycles. The van der Waals surface area contributed by atoms with Crippen LogP contribution in [0.3, 0.4) is 0 Å². The van der Waals surface area contributed by atoms with Crippen LogP contribution in [0.1, 0.15) is 17.9 Å². The first kappa shape index (κ1) is 12.4. The maximum Gasteiger partial charge on any atom is 0.396 e. The molecule has 3 nitrogen and oxygen atoms in total. The van der Waals surface area contributed by atoms with Crippen LogP contribution in [0, 0.1) is 0 Å². The normalized spacial score (nSPS) is 13.4. The van der Waals surface area contributed by atoms with Gasteiger partial charge < -0.3 is 10.8 Å². The number of nitrogen functional groups attached to an aromatic ring is 1. The lowest BCUT2D eigenvalue weighted by Gasteiger charge is -2.19. The average Bonchev–Trinajstić information content (AvgIpc) is 2.12. The van der Waals surface area contributed by atoms with Gasteiger partial charge >= 0.3 is 12.1 Å². The molecule has 1 rings (SSSR count). The molecule has 0 fully saturated rings. The fourth-order valence-electron chi connectivity index (χ4n) is 1.37. The van der Waals surface area contributed by atoms with Gasteiger partial charge in [-0.05, 0) is 17.7 Å². The smallest absolute Gasteiger partial charge is 0.396 e. The number of nitrogens with two attached hydrogens (primary N) is 1. The number of aliphatic carboxylic acids is 1. The first-order valence-electron chi connectivity index (χ1n) is 4.44. The van der Waals surface area contributed by atoms with Crippen LogP contribution in [-0.4, -0.2) is 17.3 Å². The predicted octanol–water partition coefficient (Wildman–Crippen LogP) is 2.39. The summed E-state index contributed by atoms with van der Waals surface area (Å²) < 4.78 is 37.8. The molecule has 0 aliphatic carbocycles. The Morgan fingerprint density at radius 3 is 2.50 bits per heavy atom. The molecule has 1 aromatic rings. The summed E-state index contributed by atoms with van der Waals surface area (Å²) in [5.41, 5.74) is 5.40. The Bertz CT molecular complexity index is 390. The molecule has 1 unspecified atom stereocenters. The molecule has 0 aliphatic heterocycles. The quantitative estimate of drug-likeness (QED) is 0.788. The van der Waals surface area contributed by atoms with Crippen LogP contribution in [0.2, 0.25) is 0 Å². The zero-order chi connectivity index (χ0) is 12.3. The second kappa shape index (κ2) is 4.42. The van der Waals surface area contributed by atoms with Crippen molar-refractivity contribution in [3.05, 3.63) is 29.8 Å². The lowest BCUT2D eigenvalue weighted by atomic mass is 9.95. The molecule has 0 bridgehead atoms. The first-order valence-corrected chi connectivity index (χ1v) is 4.44. The maximum absolute atomic E-state index is 12.6. The van der Waals surface area contributed by atoms with E-state index in [9.17, 15) is 18.0 Å². The summed E-state index contributed by atoms with van der Waals surface area (Å²) >= 11 is 0. The summed E-state index contributed by atoms with van der Waals surface area (Å²) in [6.45, 7) is 0. The Balaban J connectivity index is 3.06. The summed E-state index contributed by atoms with van der Waals surface area (Å²) in [5.74, 6) is -3.52. The maximum atomic E-state index is 12.6. The third kappa shape index (κ3) is 3.15. The van der Waals surface area contributed by atoms with Crippen molar-refractivity contribution < 1.29 is 23.1 Å². The van der Waals surface area contributed by atoms with Crippen LogP contribution in [0.4, 0.5) is 18.9 Å². The Labute approximate surface area is 89.7 Å². The van der Waals surface area contributed by atoms with Gasteiger partial charge in [-0.25, -0.2) is 0 Å². The molecule has 0 aromatic heterocycles. The molecule has 1 aromatic carbocycles. The third-order valence-electron chi connectivity index (χ3n) is 2.09. The van der Waals surface area contributed by atoms with Gasteiger partial charge in [0.1, 0.15) is 0 Å². The first-order chi connectivity index (χ1) is 7.30. The lowest BCUT2D eigenvalue weighted by molar-refractivity contribution is -0.163. The summed E-state index contributed by atoms with van der Waals surface area (Å²) in [7, 11) is 0. The van der Waals surface area contributed by atoms with Crippen molar-refractivity contribution in [3.63, 3.8) is 0 Å². The van der Waals surface area contributed by atoms with E-state index in [4.69, 9.17) is 10.8 Å². The Morgan fingerprint density at radius 1 is 1.44 bits per heavy atom.